The predicted octanol–water partition coefficient (Wildman–Crippen LogP) is 4.26. The number of carbonyl (C=O) groups is 1. The molecule has 0 aliphatic rings. The highest BCUT2D eigenvalue weighted by Gasteiger charge is 2.19. The van der Waals surface area contributed by atoms with E-state index in [9.17, 15) is 4.79 Å². The van der Waals surface area contributed by atoms with Gasteiger partial charge in [0.05, 0.1) is 26.9 Å². The van der Waals surface area contributed by atoms with Gasteiger partial charge in [-0.3, -0.25) is 4.79 Å². The Kier molecular flexibility index (Phi) is 5.66. The topological polar surface area (TPSA) is 44.8 Å². The smallest absolute Gasteiger partial charge is 0.204 e. The van der Waals surface area contributed by atoms with Gasteiger partial charge in [-0.05, 0) is 35.9 Å². The highest BCUT2D eigenvalue weighted by atomic mass is 35.5. The Hall–Kier alpha value is -2.46. The van der Waals surface area contributed by atoms with Crippen molar-refractivity contribution >= 4 is 23.5 Å². The molecule has 0 saturated heterocycles. The Morgan fingerprint density at radius 3 is 2.35 bits per heavy atom. The average Bonchev–Trinajstić information content (AvgIpc) is 2.58. The van der Waals surface area contributed by atoms with Gasteiger partial charge in [-0.1, -0.05) is 29.8 Å². The zero-order valence-electron chi connectivity index (χ0n) is 13.1. The third-order valence-electron chi connectivity index (χ3n) is 3.25. The molecule has 0 heterocycles. The standard InChI is InChI=1S/C18H17ClO4/c1-21-16-10-8-14(17(22-2)18(16)23-3)15(20)9-7-12-5-4-6-13(19)11-12/h4-11H,1-3H3/b9-7+. The number of methoxy groups -OCH3 is 3. The second-order valence-corrected chi connectivity index (χ2v) is 5.07. The Morgan fingerprint density at radius 1 is 1.00 bits per heavy atom. The van der Waals surface area contributed by atoms with Crippen LogP contribution in [0.15, 0.2) is 42.5 Å². The largest absolute Gasteiger partial charge is 0.493 e. The fraction of sp³-hybridized carbons (Fsp3) is 0.167. The predicted molar refractivity (Wildman–Crippen MR) is 90.9 cm³/mol. The van der Waals surface area contributed by atoms with Gasteiger partial charge in [0.1, 0.15) is 0 Å². The molecule has 0 fully saturated rings. The quantitative estimate of drug-likeness (QED) is 0.585. The van der Waals surface area contributed by atoms with Crippen molar-refractivity contribution in [2.24, 2.45) is 0 Å². The lowest BCUT2D eigenvalue weighted by Crippen LogP contribution is -2.02. The van der Waals surface area contributed by atoms with Gasteiger partial charge in [-0.15, -0.1) is 0 Å². The summed E-state index contributed by atoms with van der Waals surface area (Å²) < 4.78 is 15.8. The molecule has 4 nitrogen and oxygen atoms in total. The number of allylic oxidation sites excluding steroid dienone is 1. The number of halogens is 1. The SMILES string of the molecule is COc1ccc(C(=O)/C=C/c2cccc(Cl)c2)c(OC)c1OC. The molecular formula is C18H17ClO4. The van der Waals surface area contributed by atoms with Crippen molar-refractivity contribution in [3.8, 4) is 17.2 Å². The summed E-state index contributed by atoms with van der Waals surface area (Å²) in [6.45, 7) is 0. The molecule has 2 rings (SSSR count). The molecule has 0 aromatic heterocycles. The number of carbonyl (C=O) groups excluding carboxylic acids is 1. The van der Waals surface area contributed by atoms with E-state index in [2.05, 4.69) is 0 Å². The first-order chi connectivity index (χ1) is 11.1. The second-order valence-electron chi connectivity index (χ2n) is 4.63. The first kappa shape index (κ1) is 16.9. The molecule has 23 heavy (non-hydrogen) atoms. The van der Waals surface area contributed by atoms with Crippen LogP contribution in [0.3, 0.4) is 0 Å². The zero-order chi connectivity index (χ0) is 16.8. The molecule has 120 valence electrons. The maximum Gasteiger partial charge on any atom is 0.204 e. The van der Waals surface area contributed by atoms with Crippen molar-refractivity contribution in [1.82, 2.24) is 0 Å². The van der Waals surface area contributed by atoms with Crippen LogP contribution in [-0.2, 0) is 0 Å². The summed E-state index contributed by atoms with van der Waals surface area (Å²) in [6.07, 6.45) is 3.17. The minimum Gasteiger partial charge on any atom is -0.493 e. The fourth-order valence-corrected chi connectivity index (χ4v) is 2.37. The van der Waals surface area contributed by atoms with Crippen molar-refractivity contribution in [2.75, 3.05) is 21.3 Å². The van der Waals surface area contributed by atoms with Crippen LogP contribution in [0.4, 0.5) is 0 Å². The molecule has 0 bridgehead atoms. The number of hydrogen-bond acceptors (Lipinski definition) is 4. The van der Waals surface area contributed by atoms with Crippen molar-refractivity contribution < 1.29 is 19.0 Å². The number of hydrogen-bond donors (Lipinski definition) is 0. The third kappa shape index (κ3) is 3.85. The fourth-order valence-electron chi connectivity index (χ4n) is 2.17. The normalized spacial score (nSPS) is 10.6. The molecule has 2 aromatic carbocycles. The van der Waals surface area contributed by atoms with E-state index in [1.807, 2.05) is 12.1 Å². The molecule has 0 atom stereocenters. The summed E-state index contributed by atoms with van der Waals surface area (Å²) in [5.74, 6) is 1.02. The van der Waals surface area contributed by atoms with Crippen molar-refractivity contribution in [3.63, 3.8) is 0 Å². The minimum atomic E-state index is -0.206. The molecule has 0 aliphatic heterocycles. The Bertz CT molecular complexity index is 738. The van der Waals surface area contributed by atoms with E-state index in [-0.39, 0.29) is 5.78 Å². The molecule has 0 radical (unpaired) electrons. The molecule has 0 N–H and O–H groups in total. The van der Waals surface area contributed by atoms with Gasteiger partial charge >= 0.3 is 0 Å². The molecule has 0 saturated carbocycles. The summed E-state index contributed by atoms with van der Waals surface area (Å²) in [5, 5.41) is 0.614. The van der Waals surface area contributed by atoms with Gasteiger partial charge in [0.25, 0.3) is 0 Å². The summed E-state index contributed by atoms with van der Waals surface area (Å²) in [4.78, 5) is 12.5. The van der Waals surface area contributed by atoms with E-state index in [1.54, 1.807) is 30.3 Å². The van der Waals surface area contributed by atoms with Gasteiger partial charge in [0.15, 0.2) is 17.3 Å². The summed E-state index contributed by atoms with van der Waals surface area (Å²) >= 11 is 5.93. The van der Waals surface area contributed by atoms with Gasteiger partial charge in [-0.2, -0.15) is 0 Å². The molecule has 0 aliphatic carbocycles. The maximum atomic E-state index is 12.5. The van der Waals surface area contributed by atoms with Crippen LogP contribution in [0.25, 0.3) is 6.08 Å². The van der Waals surface area contributed by atoms with Gasteiger partial charge in [0, 0.05) is 5.02 Å². The van der Waals surface area contributed by atoms with Crippen LogP contribution in [0, 0.1) is 0 Å². The Labute approximate surface area is 140 Å². The maximum absolute atomic E-state index is 12.5. The average molecular weight is 333 g/mol. The monoisotopic (exact) mass is 332 g/mol. The van der Waals surface area contributed by atoms with Crippen molar-refractivity contribution in [3.05, 3.63) is 58.6 Å². The van der Waals surface area contributed by atoms with Crippen LogP contribution in [0.1, 0.15) is 15.9 Å². The lowest BCUT2D eigenvalue weighted by atomic mass is 10.1. The Balaban J connectivity index is 2.35. The molecule has 2 aromatic rings. The number of ether oxygens (including phenoxy) is 3. The summed E-state index contributed by atoms with van der Waals surface area (Å²) in [6, 6.07) is 10.5. The number of ketones is 1. The van der Waals surface area contributed by atoms with E-state index in [0.29, 0.717) is 27.8 Å². The van der Waals surface area contributed by atoms with Crippen LogP contribution in [0.5, 0.6) is 17.2 Å². The van der Waals surface area contributed by atoms with Crippen LogP contribution in [-0.4, -0.2) is 27.1 Å². The van der Waals surface area contributed by atoms with Gasteiger partial charge in [-0.25, -0.2) is 0 Å². The second kappa shape index (κ2) is 7.70. The van der Waals surface area contributed by atoms with Gasteiger partial charge < -0.3 is 14.2 Å². The lowest BCUT2D eigenvalue weighted by molar-refractivity contribution is 0.104. The Morgan fingerprint density at radius 2 is 1.74 bits per heavy atom. The molecule has 0 unspecified atom stereocenters. The third-order valence-corrected chi connectivity index (χ3v) is 3.48. The van der Waals surface area contributed by atoms with Crippen molar-refractivity contribution in [1.29, 1.82) is 0 Å². The highest BCUT2D eigenvalue weighted by Crippen LogP contribution is 2.40. The molecule has 0 amide bonds. The molecular weight excluding hydrogens is 316 g/mol. The van der Waals surface area contributed by atoms with E-state index >= 15 is 0 Å². The molecule has 0 spiro atoms. The number of benzene rings is 2. The number of rotatable bonds is 6. The van der Waals surface area contributed by atoms with Gasteiger partial charge in [0.2, 0.25) is 5.75 Å². The van der Waals surface area contributed by atoms with Crippen LogP contribution >= 0.6 is 11.6 Å². The highest BCUT2D eigenvalue weighted by molar-refractivity contribution is 6.30. The zero-order valence-corrected chi connectivity index (χ0v) is 13.9. The van der Waals surface area contributed by atoms with E-state index in [1.165, 1.54) is 27.4 Å². The first-order valence-electron chi connectivity index (χ1n) is 6.87. The minimum absolute atomic E-state index is 0.206. The molecule has 5 heteroatoms. The van der Waals surface area contributed by atoms with E-state index in [0.717, 1.165) is 5.56 Å². The van der Waals surface area contributed by atoms with Crippen LogP contribution < -0.4 is 14.2 Å². The van der Waals surface area contributed by atoms with E-state index in [4.69, 9.17) is 25.8 Å². The summed E-state index contributed by atoms with van der Waals surface area (Å²) in [7, 11) is 4.50. The first-order valence-corrected chi connectivity index (χ1v) is 7.25. The van der Waals surface area contributed by atoms with E-state index < -0.39 is 0 Å². The lowest BCUT2D eigenvalue weighted by Gasteiger charge is -2.14. The van der Waals surface area contributed by atoms with Crippen LogP contribution in [0.2, 0.25) is 5.02 Å². The van der Waals surface area contributed by atoms with Crippen molar-refractivity contribution in [2.45, 2.75) is 0 Å². The summed E-state index contributed by atoms with van der Waals surface area (Å²) in [5.41, 5.74) is 1.23.